The molecular formula is C19H18F3NO2. The summed E-state index contributed by atoms with van der Waals surface area (Å²) in [5.74, 6) is -0.967. The Morgan fingerprint density at radius 3 is 2.36 bits per heavy atom. The Balaban J connectivity index is 1.61. The van der Waals surface area contributed by atoms with Crippen LogP contribution in [0.2, 0.25) is 0 Å². The maximum absolute atomic E-state index is 12.7. The van der Waals surface area contributed by atoms with Crippen molar-refractivity contribution in [3.63, 3.8) is 0 Å². The number of rotatable bonds is 6. The number of hydrogen-bond acceptors (Lipinski definition) is 2. The van der Waals surface area contributed by atoms with Gasteiger partial charge in [0, 0.05) is 18.5 Å². The molecule has 1 saturated carbocycles. The third kappa shape index (κ3) is 4.02. The lowest BCUT2D eigenvalue weighted by molar-refractivity contribution is -0.137. The normalized spacial score (nSPS) is 15.8. The van der Waals surface area contributed by atoms with Crippen molar-refractivity contribution in [1.29, 1.82) is 0 Å². The summed E-state index contributed by atoms with van der Waals surface area (Å²) in [5.41, 5.74) is 1.26. The van der Waals surface area contributed by atoms with Crippen LogP contribution in [-0.2, 0) is 18.1 Å². The Bertz CT molecular complexity index is 765. The number of alkyl halides is 3. The van der Waals surface area contributed by atoms with E-state index in [1.54, 1.807) is 24.3 Å². The van der Waals surface area contributed by atoms with E-state index in [1.165, 1.54) is 6.07 Å². The number of halogens is 3. The van der Waals surface area contributed by atoms with Crippen molar-refractivity contribution < 1.29 is 23.1 Å². The van der Waals surface area contributed by atoms with E-state index in [2.05, 4.69) is 5.32 Å². The van der Waals surface area contributed by atoms with E-state index in [0.717, 1.165) is 36.1 Å². The summed E-state index contributed by atoms with van der Waals surface area (Å²) in [4.78, 5) is 11.0. The zero-order valence-electron chi connectivity index (χ0n) is 13.4. The van der Waals surface area contributed by atoms with E-state index in [4.69, 9.17) is 5.11 Å². The quantitative estimate of drug-likeness (QED) is 0.821. The van der Waals surface area contributed by atoms with Gasteiger partial charge in [-0.05, 0) is 48.2 Å². The van der Waals surface area contributed by atoms with Crippen LogP contribution in [0.4, 0.5) is 13.2 Å². The number of nitrogens with one attached hydrogen (secondary N) is 1. The molecule has 0 saturated heterocycles. The highest BCUT2D eigenvalue weighted by Gasteiger charge is 2.44. The van der Waals surface area contributed by atoms with Crippen LogP contribution in [0, 0.1) is 0 Å². The average molecular weight is 349 g/mol. The zero-order valence-corrected chi connectivity index (χ0v) is 13.4. The topological polar surface area (TPSA) is 49.3 Å². The number of carboxylic acid groups (broad SMARTS) is 1. The molecule has 2 N–H and O–H groups in total. The minimum Gasteiger partial charge on any atom is -0.478 e. The largest absolute Gasteiger partial charge is 0.478 e. The van der Waals surface area contributed by atoms with Gasteiger partial charge in [-0.2, -0.15) is 13.2 Å². The van der Waals surface area contributed by atoms with Crippen molar-refractivity contribution >= 4 is 5.97 Å². The minimum atomic E-state index is -4.32. The molecule has 0 spiro atoms. The lowest BCUT2D eigenvalue weighted by Gasteiger charge is -2.18. The van der Waals surface area contributed by atoms with E-state index < -0.39 is 17.7 Å². The Hall–Kier alpha value is -2.34. The SMILES string of the molecule is O=C(O)c1cccc(CNCC2(c3ccc(C(F)(F)F)cc3)CC2)c1. The lowest BCUT2D eigenvalue weighted by Crippen LogP contribution is -2.26. The summed E-state index contributed by atoms with van der Waals surface area (Å²) in [6.07, 6.45) is -2.45. The van der Waals surface area contributed by atoms with Crippen molar-refractivity contribution in [3.05, 3.63) is 70.8 Å². The number of hydrogen-bond donors (Lipinski definition) is 2. The van der Waals surface area contributed by atoms with Crippen molar-refractivity contribution in [3.8, 4) is 0 Å². The molecule has 3 nitrogen and oxygen atoms in total. The zero-order chi connectivity index (χ0) is 18.1. The molecule has 3 rings (SSSR count). The average Bonchev–Trinajstić information content (AvgIpc) is 3.35. The fraction of sp³-hybridized carbons (Fsp3) is 0.316. The van der Waals surface area contributed by atoms with E-state index in [9.17, 15) is 18.0 Å². The molecule has 0 aliphatic heterocycles. The van der Waals surface area contributed by atoms with E-state index >= 15 is 0 Å². The van der Waals surface area contributed by atoms with Crippen LogP contribution >= 0.6 is 0 Å². The third-order valence-electron chi connectivity index (χ3n) is 4.64. The van der Waals surface area contributed by atoms with Crippen LogP contribution < -0.4 is 5.32 Å². The van der Waals surface area contributed by atoms with E-state index in [1.807, 2.05) is 6.07 Å². The van der Waals surface area contributed by atoms with Gasteiger partial charge < -0.3 is 10.4 Å². The second-order valence-corrected chi connectivity index (χ2v) is 6.46. The number of benzene rings is 2. The molecule has 0 bridgehead atoms. The highest BCUT2D eigenvalue weighted by molar-refractivity contribution is 5.87. The summed E-state index contributed by atoms with van der Waals surface area (Å²) in [7, 11) is 0. The van der Waals surface area contributed by atoms with Gasteiger partial charge >= 0.3 is 12.1 Å². The summed E-state index contributed by atoms with van der Waals surface area (Å²) < 4.78 is 38.0. The third-order valence-corrected chi connectivity index (χ3v) is 4.64. The molecule has 0 radical (unpaired) electrons. The molecule has 0 unspecified atom stereocenters. The molecule has 1 aliphatic rings. The van der Waals surface area contributed by atoms with Gasteiger partial charge in [0.2, 0.25) is 0 Å². The van der Waals surface area contributed by atoms with Crippen molar-refractivity contribution in [2.24, 2.45) is 0 Å². The van der Waals surface area contributed by atoms with Crippen molar-refractivity contribution in [2.75, 3.05) is 6.54 Å². The van der Waals surface area contributed by atoms with Gasteiger partial charge in [0.15, 0.2) is 0 Å². The molecule has 6 heteroatoms. The molecule has 1 fully saturated rings. The highest BCUT2D eigenvalue weighted by Crippen LogP contribution is 2.48. The molecule has 0 amide bonds. The van der Waals surface area contributed by atoms with Crippen LogP contribution in [-0.4, -0.2) is 17.6 Å². The molecule has 0 aromatic heterocycles. The monoisotopic (exact) mass is 349 g/mol. The molecule has 0 atom stereocenters. The first-order chi connectivity index (χ1) is 11.8. The summed E-state index contributed by atoms with van der Waals surface area (Å²) in [6.45, 7) is 1.17. The molecule has 0 heterocycles. The molecular weight excluding hydrogens is 331 g/mol. The fourth-order valence-corrected chi connectivity index (χ4v) is 2.99. The van der Waals surface area contributed by atoms with Gasteiger partial charge in [0.25, 0.3) is 0 Å². The van der Waals surface area contributed by atoms with Gasteiger partial charge in [-0.3, -0.25) is 0 Å². The fourth-order valence-electron chi connectivity index (χ4n) is 2.99. The van der Waals surface area contributed by atoms with Crippen LogP contribution in [0.3, 0.4) is 0 Å². The number of carboxylic acids is 1. The molecule has 25 heavy (non-hydrogen) atoms. The molecule has 132 valence electrons. The summed E-state index contributed by atoms with van der Waals surface area (Å²) >= 11 is 0. The van der Waals surface area contributed by atoms with E-state index in [-0.39, 0.29) is 11.0 Å². The van der Waals surface area contributed by atoms with Crippen LogP contribution in [0.5, 0.6) is 0 Å². The Morgan fingerprint density at radius 2 is 1.80 bits per heavy atom. The Labute approximate surface area is 143 Å². The van der Waals surface area contributed by atoms with Crippen molar-refractivity contribution in [2.45, 2.75) is 31.0 Å². The second-order valence-electron chi connectivity index (χ2n) is 6.46. The number of carbonyl (C=O) groups is 1. The van der Waals surface area contributed by atoms with Gasteiger partial charge in [-0.1, -0.05) is 24.3 Å². The first-order valence-electron chi connectivity index (χ1n) is 8.01. The maximum atomic E-state index is 12.7. The second kappa shape index (κ2) is 6.52. The first-order valence-corrected chi connectivity index (χ1v) is 8.01. The molecule has 1 aliphatic carbocycles. The van der Waals surface area contributed by atoms with Gasteiger partial charge in [0.1, 0.15) is 0 Å². The van der Waals surface area contributed by atoms with Gasteiger partial charge in [-0.15, -0.1) is 0 Å². The standard InChI is InChI=1S/C19H18F3NO2/c20-19(21,22)16-6-4-15(5-7-16)18(8-9-18)12-23-11-13-2-1-3-14(10-13)17(24)25/h1-7,10,23H,8-9,11-12H2,(H,24,25). The Morgan fingerprint density at radius 1 is 1.12 bits per heavy atom. The maximum Gasteiger partial charge on any atom is 0.416 e. The molecule has 2 aromatic carbocycles. The lowest BCUT2D eigenvalue weighted by atomic mass is 9.94. The predicted molar refractivity (Wildman–Crippen MR) is 87.5 cm³/mol. The first kappa shape index (κ1) is 17.5. The van der Waals surface area contributed by atoms with Gasteiger partial charge in [-0.25, -0.2) is 4.79 Å². The summed E-state index contributed by atoms with van der Waals surface area (Å²) in [5, 5.41) is 12.3. The Kier molecular flexibility index (Phi) is 4.56. The van der Waals surface area contributed by atoms with Crippen LogP contribution in [0.15, 0.2) is 48.5 Å². The van der Waals surface area contributed by atoms with E-state index in [0.29, 0.717) is 13.1 Å². The smallest absolute Gasteiger partial charge is 0.416 e. The van der Waals surface area contributed by atoms with Gasteiger partial charge in [0.05, 0.1) is 11.1 Å². The van der Waals surface area contributed by atoms with Crippen LogP contribution in [0.25, 0.3) is 0 Å². The molecule has 2 aromatic rings. The summed E-state index contributed by atoms with van der Waals surface area (Å²) in [6, 6.07) is 12.1. The number of aromatic carboxylic acids is 1. The highest BCUT2D eigenvalue weighted by atomic mass is 19.4. The predicted octanol–water partition coefficient (Wildman–Crippen LogP) is 4.23. The van der Waals surface area contributed by atoms with Crippen molar-refractivity contribution in [1.82, 2.24) is 5.32 Å². The minimum absolute atomic E-state index is 0.117. The van der Waals surface area contributed by atoms with Crippen LogP contribution in [0.1, 0.15) is 39.9 Å².